The van der Waals surface area contributed by atoms with Crippen LogP contribution >= 0.6 is 0 Å². The molecule has 98 valence electrons. The number of esters is 1. The Balaban J connectivity index is 2.18. The Morgan fingerprint density at radius 1 is 1.39 bits per heavy atom. The standard InChI is InChI=1S/C15H21NO2/c1-3-18-15(17)14-11-16(2)10-9-13(14)12-7-5-4-6-8-12/h4-8,13-14H,3,9-11H2,1-2H3/t13-,14+/m1/s1. The summed E-state index contributed by atoms with van der Waals surface area (Å²) in [5.41, 5.74) is 1.25. The Kier molecular flexibility index (Phi) is 4.37. The minimum Gasteiger partial charge on any atom is -0.466 e. The van der Waals surface area contributed by atoms with Gasteiger partial charge in [0.05, 0.1) is 12.5 Å². The summed E-state index contributed by atoms with van der Waals surface area (Å²) in [6, 6.07) is 10.3. The summed E-state index contributed by atoms with van der Waals surface area (Å²) in [6.07, 6.45) is 1.02. The van der Waals surface area contributed by atoms with Crippen molar-refractivity contribution >= 4 is 5.97 Å². The molecular formula is C15H21NO2. The van der Waals surface area contributed by atoms with Gasteiger partial charge in [-0.2, -0.15) is 0 Å². The largest absolute Gasteiger partial charge is 0.466 e. The molecule has 0 N–H and O–H groups in total. The Morgan fingerprint density at radius 2 is 2.11 bits per heavy atom. The zero-order chi connectivity index (χ0) is 13.0. The summed E-state index contributed by atoms with van der Waals surface area (Å²) in [5, 5.41) is 0. The van der Waals surface area contributed by atoms with Gasteiger partial charge in [-0.1, -0.05) is 30.3 Å². The molecule has 3 nitrogen and oxygen atoms in total. The third kappa shape index (κ3) is 2.91. The van der Waals surface area contributed by atoms with Crippen LogP contribution in [0.15, 0.2) is 30.3 Å². The predicted molar refractivity (Wildman–Crippen MR) is 71.4 cm³/mol. The Bertz CT molecular complexity index is 391. The molecule has 1 saturated heterocycles. The van der Waals surface area contributed by atoms with Crippen molar-refractivity contribution in [1.82, 2.24) is 4.90 Å². The van der Waals surface area contributed by atoms with Crippen LogP contribution in [0.5, 0.6) is 0 Å². The number of nitrogens with zero attached hydrogens (tertiary/aromatic N) is 1. The van der Waals surface area contributed by atoms with E-state index in [9.17, 15) is 4.79 Å². The normalized spacial score (nSPS) is 24.8. The number of rotatable bonds is 3. The quantitative estimate of drug-likeness (QED) is 0.767. The summed E-state index contributed by atoms with van der Waals surface area (Å²) >= 11 is 0. The van der Waals surface area contributed by atoms with E-state index in [2.05, 4.69) is 24.1 Å². The van der Waals surface area contributed by atoms with Gasteiger partial charge in [-0.25, -0.2) is 0 Å². The first-order valence-electron chi connectivity index (χ1n) is 6.62. The Morgan fingerprint density at radius 3 is 2.78 bits per heavy atom. The van der Waals surface area contributed by atoms with Gasteiger partial charge in [0.15, 0.2) is 0 Å². The second-order valence-electron chi connectivity index (χ2n) is 4.93. The molecule has 1 fully saturated rings. The fourth-order valence-electron chi connectivity index (χ4n) is 2.70. The maximum Gasteiger partial charge on any atom is 0.310 e. The molecule has 3 heteroatoms. The highest BCUT2D eigenvalue weighted by atomic mass is 16.5. The van der Waals surface area contributed by atoms with E-state index in [1.807, 2.05) is 25.1 Å². The Hall–Kier alpha value is -1.35. The Labute approximate surface area is 109 Å². The average Bonchev–Trinajstić information content (AvgIpc) is 2.40. The van der Waals surface area contributed by atoms with E-state index in [0.717, 1.165) is 19.5 Å². The lowest BCUT2D eigenvalue weighted by atomic mass is 9.80. The van der Waals surface area contributed by atoms with Crippen LogP contribution in [0.2, 0.25) is 0 Å². The first-order chi connectivity index (χ1) is 8.72. The lowest BCUT2D eigenvalue weighted by Crippen LogP contribution is -2.41. The molecular weight excluding hydrogens is 226 g/mol. The van der Waals surface area contributed by atoms with Crippen LogP contribution in [-0.4, -0.2) is 37.6 Å². The fraction of sp³-hybridized carbons (Fsp3) is 0.533. The number of benzene rings is 1. The van der Waals surface area contributed by atoms with E-state index in [-0.39, 0.29) is 11.9 Å². The molecule has 0 aromatic heterocycles. The van der Waals surface area contributed by atoms with E-state index >= 15 is 0 Å². The van der Waals surface area contributed by atoms with E-state index < -0.39 is 0 Å². The average molecular weight is 247 g/mol. The molecule has 0 unspecified atom stereocenters. The van der Waals surface area contributed by atoms with Crippen LogP contribution in [0.1, 0.15) is 24.8 Å². The lowest BCUT2D eigenvalue weighted by Gasteiger charge is -2.35. The highest BCUT2D eigenvalue weighted by Gasteiger charge is 2.34. The smallest absolute Gasteiger partial charge is 0.310 e. The van der Waals surface area contributed by atoms with Crippen LogP contribution in [-0.2, 0) is 9.53 Å². The number of carbonyl (C=O) groups excluding carboxylic acids is 1. The van der Waals surface area contributed by atoms with Gasteiger partial charge in [-0.15, -0.1) is 0 Å². The minimum atomic E-state index is -0.0575. The lowest BCUT2D eigenvalue weighted by molar-refractivity contribution is -0.150. The molecule has 1 aliphatic heterocycles. The van der Waals surface area contributed by atoms with E-state index in [1.165, 1.54) is 5.56 Å². The van der Waals surface area contributed by atoms with Gasteiger partial charge < -0.3 is 9.64 Å². The molecule has 18 heavy (non-hydrogen) atoms. The van der Waals surface area contributed by atoms with Crippen molar-refractivity contribution in [3.8, 4) is 0 Å². The molecule has 1 aromatic carbocycles. The third-order valence-electron chi connectivity index (χ3n) is 3.63. The SMILES string of the molecule is CCOC(=O)[C@H]1CN(C)CC[C@@H]1c1ccccc1. The summed E-state index contributed by atoms with van der Waals surface area (Å²) in [6.45, 7) is 4.15. The third-order valence-corrected chi connectivity index (χ3v) is 3.63. The maximum absolute atomic E-state index is 12.1. The fourth-order valence-corrected chi connectivity index (χ4v) is 2.70. The van der Waals surface area contributed by atoms with E-state index in [4.69, 9.17) is 4.74 Å². The van der Waals surface area contributed by atoms with Crippen molar-refractivity contribution < 1.29 is 9.53 Å². The second-order valence-corrected chi connectivity index (χ2v) is 4.93. The first kappa shape index (κ1) is 13.1. The summed E-state index contributed by atoms with van der Waals surface area (Å²) in [5.74, 6) is 0.199. The van der Waals surface area contributed by atoms with Crippen molar-refractivity contribution in [3.05, 3.63) is 35.9 Å². The van der Waals surface area contributed by atoms with E-state index in [0.29, 0.717) is 12.5 Å². The van der Waals surface area contributed by atoms with Crippen LogP contribution in [0, 0.1) is 5.92 Å². The second kappa shape index (κ2) is 6.01. The molecule has 1 heterocycles. The van der Waals surface area contributed by atoms with Gasteiger partial charge in [0, 0.05) is 6.54 Å². The van der Waals surface area contributed by atoms with Crippen LogP contribution in [0.3, 0.4) is 0 Å². The summed E-state index contributed by atoms with van der Waals surface area (Å²) in [7, 11) is 2.06. The molecule has 0 amide bonds. The maximum atomic E-state index is 12.1. The zero-order valence-corrected chi connectivity index (χ0v) is 11.1. The number of piperidine rings is 1. The van der Waals surface area contributed by atoms with E-state index in [1.54, 1.807) is 0 Å². The number of ether oxygens (including phenoxy) is 1. The molecule has 2 rings (SSSR count). The van der Waals surface area contributed by atoms with Gasteiger partial charge in [0.25, 0.3) is 0 Å². The summed E-state index contributed by atoms with van der Waals surface area (Å²) < 4.78 is 5.22. The van der Waals surface area contributed by atoms with Crippen molar-refractivity contribution in [3.63, 3.8) is 0 Å². The van der Waals surface area contributed by atoms with Crippen molar-refractivity contribution in [2.75, 3.05) is 26.7 Å². The monoisotopic (exact) mass is 247 g/mol. The van der Waals surface area contributed by atoms with Crippen molar-refractivity contribution in [2.45, 2.75) is 19.3 Å². The zero-order valence-electron chi connectivity index (χ0n) is 11.1. The molecule has 2 atom stereocenters. The minimum absolute atomic E-state index is 0.0360. The van der Waals surface area contributed by atoms with Crippen LogP contribution in [0.25, 0.3) is 0 Å². The highest BCUT2D eigenvalue weighted by molar-refractivity contribution is 5.74. The molecule has 0 radical (unpaired) electrons. The molecule has 1 aliphatic rings. The van der Waals surface area contributed by atoms with Gasteiger partial charge in [-0.05, 0) is 38.4 Å². The van der Waals surface area contributed by atoms with Crippen LogP contribution < -0.4 is 0 Å². The van der Waals surface area contributed by atoms with Gasteiger partial charge in [-0.3, -0.25) is 4.79 Å². The molecule has 1 aromatic rings. The number of carbonyl (C=O) groups is 1. The molecule has 0 aliphatic carbocycles. The molecule has 0 spiro atoms. The summed E-state index contributed by atoms with van der Waals surface area (Å²) in [4.78, 5) is 14.3. The topological polar surface area (TPSA) is 29.5 Å². The number of hydrogen-bond acceptors (Lipinski definition) is 3. The van der Waals surface area contributed by atoms with Crippen molar-refractivity contribution in [1.29, 1.82) is 0 Å². The number of likely N-dealkylation sites (tertiary alicyclic amines) is 1. The highest BCUT2D eigenvalue weighted by Crippen LogP contribution is 2.33. The molecule has 0 bridgehead atoms. The van der Waals surface area contributed by atoms with Gasteiger partial charge in [0.2, 0.25) is 0 Å². The molecule has 0 saturated carbocycles. The number of hydrogen-bond donors (Lipinski definition) is 0. The van der Waals surface area contributed by atoms with Crippen molar-refractivity contribution in [2.24, 2.45) is 5.92 Å². The van der Waals surface area contributed by atoms with Crippen LogP contribution in [0.4, 0.5) is 0 Å². The van der Waals surface area contributed by atoms with Gasteiger partial charge in [0.1, 0.15) is 0 Å². The predicted octanol–water partition coefficient (Wildman–Crippen LogP) is 2.29. The first-order valence-corrected chi connectivity index (χ1v) is 6.62. The van der Waals surface area contributed by atoms with Gasteiger partial charge >= 0.3 is 5.97 Å².